The van der Waals surface area contributed by atoms with Gasteiger partial charge in [0.15, 0.2) is 0 Å². The number of rotatable bonds is 6. The molecule has 0 aliphatic carbocycles. The molecule has 1 aliphatic rings. The lowest BCUT2D eigenvalue weighted by Crippen LogP contribution is -2.46. The second-order valence-corrected chi connectivity index (χ2v) is 5.06. The molecular weight excluding hydrogens is 242 g/mol. The Hall–Kier alpha value is -1.56. The Kier molecular flexibility index (Phi) is 5.20. The van der Waals surface area contributed by atoms with E-state index in [9.17, 15) is 4.79 Å². The molecule has 0 spiro atoms. The van der Waals surface area contributed by atoms with Crippen molar-refractivity contribution in [3.05, 3.63) is 18.7 Å². The lowest BCUT2D eigenvalue weighted by Gasteiger charge is -2.31. The average molecular weight is 265 g/mol. The van der Waals surface area contributed by atoms with Crippen LogP contribution in [0.15, 0.2) is 18.7 Å². The Labute approximate surface area is 114 Å². The highest BCUT2D eigenvalue weighted by Gasteiger charge is 2.20. The summed E-state index contributed by atoms with van der Waals surface area (Å²) in [7, 11) is 0. The molecule has 2 amide bonds. The number of imidazole rings is 1. The van der Waals surface area contributed by atoms with Crippen molar-refractivity contribution in [1.29, 1.82) is 0 Å². The molecule has 0 radical (unpaired) electrons. The molecule has 6 heteroatoms. The zero-order valence-electron chi connectivity index (χ0n) is 11.3. The second-order valence-electron chi connectivity index (χ2n) is 5.06. The van der Waals surface area contributed by atoms with Crippen LogP contribution >= 0.6 is 0 Å². The number of aryl methyl sites for hydroxylation is 1. The van der Waals surface area contributed by atoms with Crippen molar-refractivity contribution in [2.24, 2.45) is 5.73 Å². The minimum atomic E-state index is -0.293. The van der Waals surface area contributed by atoms with Crippen LogP contribution < -0.4 is 11.1 Å². The van der Waals surface area contributed by atoms with E-state index in [0.29, 0.717) is 6.04 Å². The van der Waals surface area contributed by atoms with E-state index < -0.39 is 0 Å². The van der Waals surface area contributed by atoms with Crippen LogP contribution in [0, 0.1) is 0 Å². The number of hydrogen-bond donors (Lipinski definition) is 2. The molecule has 3 N–H and O–H groups in total. The van der Waals surface area contributed by atoms with Crippen molar-refractivity contribution in [2.75, 3.05) is 19.6 Å². The smallest absolute Gasteiger partial charge is 0.314 e. The van der Waals surface area contributed by atoms with E-state index in [1.165, 1.54) is 0 Å². The maximum atomic E-state index is 11.0. The molecule has 1 fully saturated rings. The highest BCUT2D eigenvalue weighted by molar-refractivity contribution is 5.72. The van der Waals surface area contributed by atoms with Crippen LogP contribution in [0.25, 0.3) is 0 Å². The highest BCUT2D eigenvalue weighted by Crippen LogP contribution is 2.09. The lowest BCUT2D eigenvalue weighted by atomic mass is 10.1. The van der Waals surface area contributed by atoms with E-state index in [4.69, 9.17) is 5.73 Å². The van der Waals surface area contributed by atoms with Gasteiger partial charge in [0.2, 0.25) is 0 Å². The van der Waals surface area contributed by atoms with Gasteiger partial charge in [-0.25, -0.2) is 9.78 Å². The lowest BCUT2D eigenvalue weighted by molar-refractivity contribution is 0.185. The molecule has 2 heterocycles. The number of likely N-dealkylation sites (tertiary alicyclic amines) is 1. The Bertz CT molecular complexity index is 370. The molecule has 0 aromatic carbocycles. The number of unbranched alkanes of at least 4 members (excludes halogenated alkanes) is 1. The van der Waals surface area contributed by atoms with E-state index in [-0.39, 0.29) is 6.03 Å². The van der Waals surface area contributed by atoms with Crippen LogP contribution in [0.4, 0.5) is 4.79 Å². The average Bonchev–Trinajstić information content (AvgIpc) is 2.92. The third-order valence-electron chi connectivity index (χ3n) is 3.64. The summed E-state index contributed by atoms with van der Waals surface area (Å²) in [6.45, 7) is 3.63. The fourth-order valence-corrected chi connectivity index (χ4v) is 2.45. The Morgan fingerprint density at radius 1 is 1.37 bits per heavy atom. The number of nitrogens with one attached hydrogen (secondary N) is 1. The quantitative estimate of drug-likeness (QED) is 0.747. The fraction of sp³-hybridized carbons (Fsp3) is 0.692. The zero-order valence-corrected chi connectivity index (χ0v) is 11.3. The maximum absolute atomic E-state index is 11.0. The number of primary amides is 1. The van der Waals surface area contributed by atoms with Crippen LogP contribution in [0.5, 0.6) is 0 Å². The molecule has 1 saturated heterocycles. The summed E-state index contributed by atoms with van der Waals surface area (Å²) < 4.78 is 2.10. The minimum absolute atomic E-state index is 0.293. The van der Waals surface area contributed by atoms with Crippen molar-refractivity contribution < 1.29 is 4.79 Å². The van der Waals surface area contributed by atoms with Gasteiger partial charge in [0.25, 0.3) is 0 Å². The molecule has 2 rings (SSSR count). The number of amides is 2. The number of hydrogen-bond acceptors (Lipinski definition) is 3. The molecule has 1 aromatic rings. The maximum Gasteiger partial charge on any atom is 0.314 e. The standard InChI is InChI=1S/C13H23N5O/c14-13(19)18-8-3-12(4-9-18)16-5-1-2-7-17-10-6-15-11-17/h6,10-12,16H,1-5,7-9H2,(H2,14,19). The van der Waals surface area contributed by atoms with E-state index in [1.54, 1.807) is 4.90 Å². The molecule has 1 aromatic heterocycles. The topological polar surface area (TPSA) is 76.2 Å². The summed E-state index contributed by atoms with van der Waals surface area (Å²) in [5.74, 6) is 0. The van der Waals surface area contributed by atoms with Crippen LogP contribution in [0.3, 0.4) is 0 Å². The van der Waals surface area contributed by atoms with E-state index in [1.807, 2.05) is 18.7 Å². The first kappa shape index (κ1) is 13.9. The predicted octanol–water partition coefficient (Wildman–Crippen LogP) is 0.796. The number of nitrogens with zero attached hydrogens (tertiary/aromatic N) is 3. The van der Waals surface area contributed by atoms with Gasteiger partial charge in [-0.3, -0.25) is 0 Å². The van der Waals surface area contributed by atoms with E-state index >= 15 is 0 Å². The highest BCUT2D eigenvalue weighted by atomic mass is 16.2. The molecule has 0 saturated carbocycles. The SMILES string of the molecule is NC(=O)N1CCC(NCCCCn2ccnc2)CC1. The predicted molar refractivity (Wildman–Crippen MR) is 73.6 cm³/mol. The molecule has 0 unspecified atom stereocenters. The summed E-state index contributed by atoms with van der Waals surface area (Å²) in [6, 6.07) is 0.239. The van der Waals surface area contributed by atoms with Crippen molar-refractivity contribution >= 4 is 6.03 Å². The number of nitrogens with two attached hydrogens (primary N) is 1. The van der Waals surface area contributed by atoms with Gasteiger partial charge < -0.3 is 20.5 Å². The number of aromatic nitrogens is 2. The fourth-order valence-electron chi connectivity index (χ4n) is 2.45. The van der Waals surface area contributed by atoms with Crippen molar-refractivity contribution in [3.8, 4) is 0 Å². The van der Waals surface area contributed by atoms with Crippen LogP contribution in [-0.4, -0.2) is 46.2 Å². The zero-order chi connectivity index (χ0) is 13.5. The van der Waals surface area contributed by atoms with Crippen LogP contribution in [0.2, 0.25) is 0 Å². The number of urea groups is 1. The molecule has 106 valence electrons. The molecule has 0 atom stereocenters. The molecular formula is C13H23N5O. The van der Waals surface area contributed by atoms with Gasteiger partial charge in [-0.15, -0.1) is 0 Å². The first-order chi connectivity index (χ1) is 9.25. The first-order valence-electron chi connectivity index (χ1n) is 6.99. The van der Waals surface area contributed by atoms with Crippen molar-refractivity contribution in [1.82, 2.24) is 19.8 Å². The number of piperidine rings is 1. The second kappa shape index (κ2) is 7.13. The Morgan fingerprint density at radius 3 is 2.79 bits per heavy atom. The third-order valence-corrected chi connectivity index (χ3v) is 3.64. The number of carbonyl (C=O) groups excluding carboxylic acids is 1. The van der Waals surface area contributed by atoms with Crippen LogP contribution in [0.1, 0.15) is 25.7 Å². The van der Waals surface area contributed by atoms with Gasteiger partial charge >= 0.3 is 6.03 Å². The van der Waals surface area contributed by atoms with Gasteiger partial charge in [-0.1, -0.05) is 0 Å². The largest absolute Gasteiger partial charge is 0.351 e. The van der Waals surface area contributed by atoms with E-state index in [2.05, 4.69) is 14.9 Å². The summed E-state index contributed by atoms with van der Waals surface area (Å²) in [5.41, 5.74) is 5.26. The molecule has 19 heavy (non-hydrogen) atoms. The summed E-state index contributed by atoms with van der Waals surface area (Å²) in [6.07, 6.45) is 9.98. The Morgan fingerprint density at radius 2 is 2.16 bits per heavy atom. The summed E-state index contributed by atoms with van der Waals surface area (Å²) in [5, 5.41) is 3.56. The monoisotopic (exact) mass is 265 g/mol. The summed E-state index contributed by atoms with van der Waals surface area (Å²) >= 11 is 0. The Balaban J connectivity index is 1.51. The van der Waals surface area contributed by atoms with Gasteiger partial charge in [0.1, 0.15) is 0 Å². The van der Waals surface area contributed by atoms with Crippen molar-refractivity contribution in [3.63, 3.8) is 0 Å². The molecule has 0 bridgehead atoms. The van der Waals surface area contributed by atoms with Crippen molar-refractivity contribution in [2.45, 2.75) is 38.3 Å². The van der Waals surface area contributed by atoms with Gasteiger partial charge in [0, 0.05) is 38.1 Å². The van der Waals surface area contributed by atoms with Gasteiger partial charge in [-0.2, -0.15) is 0 Å². The molecule has 1 aliphatic heterocycles. The van der Waals surface area contributed by atoms with Gasteiger partial charge in [0.05, 0.1) is 6.33 Å². The third kappa shape index (κ3) is 4.55. The minimum Gasteiger partial charge on any atom is -0.351 e. The normalized spacial score (nSPS) is 16.7. The summed E-state index contributed by atoms with van der Waals surface area (Å²) in [4.78, 5) is 16.7. The van der Waals surface area contributed by atoms with E-state index in [0.717, 1.165) is 51.9 Å². The van der Waals surface area contributed by atoms with Crippen LogP contribution in [-0.2, 0) is 6.54 Å². The number of carbonyl (C=O) groups is 1. The first-order valence-corrected chi connectivity index (χ1v) is 6.99. The molecule has 6 nitrogen and oxygen atoms in total. The van der Waals surface area contributed by atoms with Gasteiger partial charge in [-0.05, 0) is 32.2 Å².